The molecule has 1 fully saturated rings. The third-order valence-corrected chi connectivity index (χ3v) is 2.93. The van der Waals surface area contributed by atoms with Crippen molar-refractivity contribution < 1.29 is 13.5 Å². The van der Waals surface area contributed by atoms with Crippen LogP contribution in [0.15, 0.2) is 18.2 Å². The zero-order valence-corrected chi connectivity index (χ0v) is 10.2. The fraction of sp³-hybridized carbons (Fsp3) is 0.500. The lowest BCUT2D eigenvalue weighted by atomic mass is 10.1. The van der Waals surface area contributed by atoms with Gasteiger partial charge in [0.25, 0.3) is 0 Å². The maximum Gasteiger partial charge on any atom is 0.123 e. The first-order chi connectivity index (χ1) is 7.76. The van der Waals surface area contributed by atoms with Crippen LogP contribution in [0.3, 0.4) is 0 Å². The molecule has 17 heavy (non-hydrogen) atoms. The maximum absolute atomic E-state index is 13.1. The molecule has 1 aromatic rings. The smallest absolute Gasteiger partial charge is 0.123 e. The van der Waals surface area contributed by atoms with E-state index in [4.69, 9.17) is 10.5 Å². The number of benzene rings is 1. The van der Waals surface area contributed by atoms with Crippen molar-refractivity contribution in [1.29, 1.82) is 0 Å². The summed E-state index contributed by atoms with van der Waals surface area (Å²) < 4.78 is 30.4. The molecular formula is C12H16ClF2NO. The highest BCUT2D eigenvalue weighted by Crippen LogP contribution is 2.49. The van der Waals surface area contributed by atoms with E-state index >= 15 is 0 Å². The molecule has 0 amide bonds. The van der Waals surface area contributed by atoms with Crippen molar-refractivity contribution >= 4 is 12.4 Å². The van der Waals surface area contributed by atoms with Crippen LogP contribution in [0.25, 0.3) is 0 Å². The Morgan fingerprint density at radius 1 is 1.41 bits per heavy atom. The summed E-state index contributed by atoms with van der Waals surface area (Å²) in [6, 6.07) is 4.36. The van der Waals surface area contributed by atoms with Crippen LogP contribution in [0.5, 0.6) is 5.75 Å². The summed E-state index contributed by atoms with van der Waals surface area (Å²) in [6.45, 7) is 0.0736. The van der Waals surface area contributed by atoms with E-state index in [2.05, 4.69) is 0 Å². The van der Waals surface area contributed by atoms with E-state index in [1.165, 1.54) is 12.1 Å². The summed E-state index contributed by atoms with van der Waals surface area (Å²) in [5.41, 5.74) is 6.38. The molecule has 2 N–H and O–H groups in total. The van der Waals surface area contributed by atoms with Crippen LogP contribution in [0, 0.1) is 11.7 Å². The predicted molar refractivity (Wildman–Crippen MR) is 65.0 cm³/mol. The molecule has 0 aromatic heterocycles. The minimum atomic E-state index is -0.540. The number of halogens is 3. The molecule has 1 aliphatic carbocycles. The predicted octanol–water partition coefficient (Wildman–Crippen LogP) is 2.66. The minimum absolute atomic E-state index is 0. The largest absolute Gasteiger partial charge is 0.491 e. The van der Waals surface area contributed by atoms with Crippen molar-refractivity contribution in [3.05, 3.63) is 29.6 Å². The summed E-state index contributed by atoms with van der Waals surface area (Å²) in [4.78, 5) is 0. The van der Waals surface area contributed by atoms with Crippen molar-refractivity contribution in [2.24, 2.45) is 11.7 Å². The summed E-state index contributed by atoms with van der Waals surface area (Å²) in [7, 11) is 0. The fourth-order valence-electron chi connectivity index (χ4n) is 1.98. The summed E-state index contributed by atoms with van der Waals surface area (Å²) in [5.74, 6) is 0.982. The fourth-order valence-corrected chi connectivity index (χ4v) is 1.98. The lowest BCUT2D eigenvalue weighted by Crippen LogP contribution is -2.04. The Bertz CT molecular complexity index is 376. The number of alkyl halides is 1. The van der Waals surface area contributed by atoms with Gasteiger partial charge in [0.05, 0.1) is 0 Å². The van der Waals surface area contributed by atoms with Crippen LogP contribution in [0.2, 0.25) is 0 Å². The van der Waals surface area contributed by atoms with Crippen LogP contribution < -0.4 is 10.5 Å². The van der Waals surface area contributed by atoms with Crippen molar-refractivity contribution in [2.45, 2.75) is 12.3 Å². The molecule has 1 saturated carbocycles. The Kier molecular flexibility index (Phi) is 5.15. The molecule has 1 aromatic carbocycles. The summed E-state index contributed by atoms with van der Waals surface area (Å²) >= 11 is 0. The van der Waals surface area contributed by atoms with Crippen LogP contribution in [-0.4, -0.2) is 19.8 Å². The average molecular weight is 264 g/mol. The Balaban J connectivity index is 0.00000144. The number of ether oxygens (including phenoxy) is 1. The normalized spacial score (nSPS) is 21.8. The average Bonchev–Trinajstić information content (AvgIpc) is 3.06. The van der Waals surface area contributed by atoms with Crippen molar-refractivity contribution in [3.63, 3.8) is 0 Å². The van der Waals surface area contributed by atoms with Crippen molar-refractivity contribution in [3.8, 4) is 5.75 Å². The highest BCUT2D eigenvalue weighted by Gasteiger charge is 2.39. The van der Waals surface area contributed by atoms with Gasteiger partial charge in [-0.1, -0.05) is 0 Å². The van der Waals surface area contributed by atoms with Crippen molar-refractivity contribution in [2.75, 3.05) is 19.8 Å². The van der Waals surface area contributed by atoms with E-state index in [0.29, 0.717) is 18.2 Å². The third kappa shape index (κ3) is 3.30. The zero-order valence-electron chi connectivity index (χ0n) is 9.36. The van der Waals surface area contributed by atoms with Gasteiger partial charge in [-0.05, 0) is 43.0 Å². The van der Waals surface area contributed by atoms with E-state index in [-0.39, 0.29) is 30.7 Å². The molecule has 1 aliphatic rings. The molecule has 0 heterocycles. The molecule has 2 rings (SSSR count). The van der Waals surface area contributed by atoms with Crippen molar-refractivity contribution in [1.82, 2.24) is 0 Å². The molecule has 0 radical (unpaired) electrons. The standard InChI is InChI=1S/C12H15F2NO.ClH/c13-3-4-16-12-2-1-9(14)6-11(12)10-5-8(10)7-15;/h1-2,6,8,10H,3-5,7,15H2;1H/t8-,10+;/m1./s1. The van der Waals surface area contributed by atoms with Gasteiger partial charge >= 0.3 is 0 Å². The van der Waals surface area contributed by atoms with Crippen LogP contribution >= 0.6 is 12.4 Å². The molecule has 96 valence electrons. The highest BCUT2D eigenvalue weighted by molar-refractivity contribution is 5.85. The Hall–Kier alpha value is -0.870. The molecule has 0 spiro atoms. The first-order valence-corrected chi connectivity index (χ1v) is 5.44. The Morgan fingerprint density at radius 3 is 2.76 bits per heavy atom. The van der Waals surface area contributed by atoms with Gasteiger partial charge in [0.1, 0.15) is 24.8 Å². The first kappa shape index (κ1) is 14.2. The lowest BCUT2D eigenvalue weighted by Gasteiger charge is -2.10. The number of rotatable bonds is 5. The SMILES string of the molecule is Cl.NC[C@H]1C[C@@H]1c1cc(F)ccc1OCCF. The van der Waals surface area contributed by atoms with Gasteiger partial charge in [-0.2, -0.15) is 0 Å². The Morgan fingerprint density at radius 2 is 2.18 bits per heavy atom. The minimum Gasteiger partial charge on any atom is -0.491 e. The van der Waals surface area contributed by atoms with E-state index in [9.17, 15) is 8.78 Å². The van der Waals surface area contributed by atoms with Gasteiger partial charge in [-0.25, -0.2) is 8.78 Å². The molecule has 0 bridgehead atoms. The lowest BCUT2D eigenvalue weighted by molar-refractivity contribution is 0.270. The van der Waals surface area contributed by atoms with Gasteiger partial charge in [0.15, 0.2) is 0 Å². The van der Waals surface area contributed by atoms with Gasteiger partial charge in [0, 0.05) is 5.56 Å². The monoisotopic (exact) mass is 263 g/mol. The number of hydrogen-bond donors (Lipinski definition) is 1. The second-order valence-electron chi connectivity index (χ2n) is 4.06. The zero-order chi connectivity index (χ0) is 11.5. The van der Waals surface area contributed by atoms with Crippen LogP contribution in [0.1, 0.15) is 17.9 Å². The molecule has 0 unspecified atom stereocenters. The quantitative estimate of drug-likeness (QED) is 0.886. The summed E-state index contributed by atoms with van der Waals surface area (Å²) in [5, 5.41) is 0. The molecule has 0 aliphatic heterocycles. The van der Waals surface area contributed by atoms with E-state index < -0.39 is 6.67 Å². The van der Waals surface area contributed by atoms with Crippen LogP contribution in [-0.2, 0) is 0 Å². The second-order valence-corrected chi connectivity index (χ2v) is 4.06. The van der Waals surface area contributed by atoms with Gasteiger partial charge < -0.3 is 10.5 Å². The van der Waals surface area contributed by atoms with E-state index in [1.807, 2.05) is 0 Å². The number of hydrogen-bond acceptors (Lipinski definition) is 2. The van der Waals surface area contributed by atoms with Gasteiger partial charge in [0.2, 0.25) is 0 Å². The summed E-state index contributed by atoms with van der Waals surface area (Å²) in [6.07, 6.45) is 0.964. The van der Waals surface area contributed by atoms with Crippen LogP contribution in [0.4, 0.5) is 8.78 Å². The van der Waals surface area contributed by atoms with E-state index in [1.54, 1.807) is 6.07 Å². The molecule has 2 atom stereocenters. The molecular weight excluding hydrogens is 248 g/mol. The van der Waals surface area contributed by atoms with Gasteiger partial charge in [-0.15, -0.1) is 12.4 Å². The Labute approximate surface area is 106 Å². The van der Waals surface area contributed by atoms with E-state index in [0.717, 1.165) is 12.0 Å². The molecule has 2 nitrogen and oxygen atoms in total. The number of nitrogens with two attached hydrogens (primary N) is 1. The highest BCUT2D eigenvalue weighted by atomic mass is 35.5. The topological polar surface area (TPSA) is 35.2 Å². The third-order valence-electron chi connectivity index (χ3n) is 2.93. The first-order valence-electron chi connectivity index (χ1n) is 5.44. The molecule has 5 heteroatoms. The molecule has 0 saturated heterocycles. The second kappa shape index (κ2) is 6.17. The maximum atomic E-state index is 13.1. The van der Waals surface area contributed by atoms with Gasteiger partial charge in [-0.3, -0.25) is 0 Å².